The third-order valence-corrected chi connectivity index (χ3v) is 0. The van der Waals surface area contributed by atoms with Crippen molar-refractivity contribution in [3.05, 3.63) is 76.6 Å². The van der Waals surface area contributed by atoms with E-state index in [1.165, 1.54) is 0 Å². The molecule has 0 aromatic heterocycles. The van der Waals surface area contributed by atoms with Crippen LogP contribution in [0.5, 0.6) is 0 Å². The van der Waals surface area contributed by atoms with E-state index in [1.54, 1.807) is 0 Å². The second-order valence-corrected chi connectivity index (χ2v) is 1.12. The van der Waals surface area contributed by atoms with Crippen molar-refractivity contribution in [2.24, 2.45) is 0 Å². The van der Waals surface area contributed by atoms with Gasteiger partial charge in [-0.2, -0.15) is 0 Å². The molecular formula is N5NiO15Y. The fraction of sp³-hybridized carbons (Fsp3) is 0. The third kappa shape index (κ3) is 840. The van der Waals surface area contributed by atoms with Crippen molar-refractivity contribution in [1.82, 2.24) is 0 Å². The Balaban J connectivity index is -0.0000000250. The molecule has 0 aromatic carbocycles. The number of rotatable bonds is 0. The summed E-state index contributed by atoms with van der Waals surface area (Å²) in [7, 11) is 0. The minimum absolute atomic E-state index is 0. The van der Waals surface area contributed by atoms with Crippen molar-refractivity contribution >= 4 is 0 Å². The predicted molar refractivity (Wildman–Crippen MR) is 51.8 cm³/mol. The van der Waals surface area contributed by atoms with E-state index >= 15 is 0 Å². The summed E-state index contributed by atoms with van der Waals surface area (Å²) in [5.74, 6) is 0. The largest absolute Gasteiger partial charge is 3.00 e. The molecule has 20 nitrogen and oxygen atoms in total. The molecule has 22 heteroatoms. The van der Waals surface area contributed by atoms with Gasteiger partial charge in [0.1, 0.15) is 0 Å². The average Bonchev–Trinajstić information content (AvgIpc) is 1.94. The van der Waals surface area contributed by atoms with E-state index in [2.05, 4.69) is 0 Å². The first kappa shape index (κ1) is 42.7. The van der Waals surface area contributed by atoms with E-state index in [1.807, 2.05) is 0 Å². The van der Waals surface area contributed by atoms with Crippen molar-refractivity contribution < 1.29 is 74.6 Å². The summed E-state index contributed by atoms with van der Waals surface area (Å²) < 4.78 is 0. The van der Waals surface area contributed by atoms with Gasteiger partial charge in [-0.25, -0.2) is 0 Å². The van der Waals surface area contributed by atoms with Crippen LogP contribution in [0.2, 0.25) is 0 Å². The normalized spacial score (nSPS) is 5.45. The molecule has 0 aliphatic rings. The van der Waals surface area contributed by atoms with E-state index in [0.717, 1.165) is 0 Å². The van der Waals surface area contributed by atoms with Crippen molar-refractivity contribution in [3.63, 3.8) is 0 Å². The van der Waals surface area contributed by atoms with Gasteiger partial charge in [0.2, 0.25) is 0 Å². The zero-order valence-electron chi connectivity index (χ0n) is 9.25. The van der Waals surface area contributed by atoms with Crippen molar-refractivity contribution in [1.29, 1.82) is 0 Å². The van der Waals surface area contributed by atoms with Gasteiger partial charge in [0, 0.05) is 0 Å². The van der Waals surface area contributed by atoms with Gasteiger partial charge < -0.3 is 76.6 Å². The van der Waals surface area contributed by atoms with Crippen LogP contribution in [-0.4, -0.2) is 25.4 Å². The number of hydrogen-bond donors (Lipinski definition) is 0. The van der Waals surface area contributed by atoms with Gasteiger partial charge in [-0.1, -0.05) is 0 Å². The Morgan fingerprint density at radius 2 is 0.364 bits per heavy atom. The summed E-state index contributed by atoms with van der Waals surface area (Å²) in [6, 6.07) is 0. The van der Waals surface area contributed by atoms with Gasteiger partial charge in [0.15, 0.2) is 0 Å². The summed E-state index contributed by atoms with van der Waals surface area (Å²) >= 11 is 0. The predicted octanol–water partition coefficient (Wildman–Crippen LogP) is -1.20. The zero-order valence-corrected chi connectivity index (χ0v) is 13.1. The molecule has 0 aliphatic heterocycles. The summed E-state index contributed by atoms with van der Waals surface area (Å²) in [5.41, 5.74) is 0. The van der Waals surface area contributed by atoms with Gasteiger partial charge in [0.05, 0.1) is 25.4 Å². The molecule has 0 heterocycles. The van der Waals surface area contributed by atoms with Crippen LogP contribution in [0.15, 0.2) is 0 Å². The molecule has 0 aliphatic carbocycles. The topological polar surface area (TPSA) is 331 Å². The van der Waals surface area contributed by atoms with Crippen molar-refractivity contribution in [3.8, 4) is 0 Å². The first-order chi connectivity index (χ1) is 8.66. The molecule has 0 atom stereocenters. The number of nitrogens with zero attached hydrogens (tertiary/aromatic N) is 5. The first-order valence-electron chi connectivity index (χ1n) is 2.74. The second-order valence-electron chi connectivity index (χ2n) is 1.12. The molecule has 0 unspecified atom stereocenters. The molecule has 128 valence electrons. The van der Waals surface area contributed by atoms with Gasteiger partial charge in [0.25, 0.3) is 0 Å². The molecular weight excluding hydrogens is 458 g/mol. The Labute approximate surface area is 151 Å². The van der Waals surface area contributed by atoms with Crippen molar-refractivity contribution in [2.45, 2.75) is 0 Å². The Morgan fingerprint density at radius 3 is 0.364 bits per heavy atom. The molecule has 0 saturated carbocycles. The SMILES string of the molecule is O=[N+]([O-])[O-].O=[N+]([O-])[O-].O=[N+]([O-])[O-].O=[N+]([O-])[O-].O=[N+]([O-])[O-].[Ni+2].[Y+3]. The molecule has 0 spiro atoms. The molecule has 0 bridgehead atoms. The first-order valence-corrected chi connectivity index (χ1v) is 2.74. The van der Waals surface area contributed by atoms with Crippen LogP contribution in [0.25, 0.3) is 0 Å². The van der Waals surface area contributed by atoms with Gasteiger partial charge in [-0.15, -0.1) is 0 Å². The van der Waals surface area contributed by atoms with Gasteiger partial charge in [-0.05, 0) is 0 Å². The maximum absolute atomic E-state index is 8.25. The van der Waals surface area contributed by atoms with Crippen molar-refractivity contribution in [2.75, 3.05) is 0 Å². The summed E-state index contributed by atoms with van der Waals surface area (Å²) in [6.45, 7) is 0. The maximum Gasteiger partial charge on any atom is 3.00 e. The average molecular weight is 458 g/mol. The molecule has 0 amide bonds. The van der Waals surface area contributed by atoms with E-state index in [9.17, 15) is 0 Å². The smallest absolute Gasteiger partial charge is 0.356 e. The van der Waals surface area contributed by atoms with E-state index in [4.69, 9.17) is 76.6 Å². The van der Waals surface area contributed by atoms with Crippen LogP contribution in [0, 0.1) is 76.6 Å². The minimum atomic E-state index is -1.75. The van der Waals surface area contributed by atoms with Gasteiger partial charge in [-0.3, -0.25) is 0 Å². The van der Waals surface area contributed by atoms with Crippen LogP contribution in [0.4, 0.5) is 0 Å². The van der Waals surface area contributed by atoms with Crippen LogP contribution in [0.3, 0.4) is 0 Å². The van der Waals surface area contributed by atoms with Crippen LogP contribution in [0.1, 0.15) is 0 Å². The molecule has 0 saturated heterocycles. The Morgan fingerprint density at radius 1 is 0.364 bits per heavy atom. The van der Waals surface area contributed by atoms with Crippen LogP contribution >= 0.6 is 0 Å². The van der Waals surface area contributed by atoms with Crippen LogP contribution in [-0.2, 0) is 49.2 Å². The van der Waals surface area contributed by atoms with Gasteiger partial charge >= 0.3 is 49.2 Å². The van der Waals surface area contributed by atoms with E-state index in [0.29, 0.717) is 0 Å². The second kappa shape index (κ2) is 36.3. The maximum atomic E-state index is 8.25. The molecule has 0 N–H and O–H groups in total. The molecule has 0 aromatic rings. The summed E-state index contributed by atoms with van der Waals surface area (Å²) in [5, 5.41) is 73.8. The molecule has 0 fully saturated rings. The minimum Gasteiger partial charge on any atom is -0.356 e. The van der Waals surface area contributed by atoms with Crippen LogP contribution < -0.4 is 0 Å². The molecule has 22 heavy (non-hydrogen) atoms. The summed E-state index contributed by atoms with van der Waals surface area (Å²) in [6.07, 6.45) is 0. The van der Waals surface area contributed by atoms with E-state index in [-0.39, 0.29) is 49.2 Å². The number of hydrogen-bond acceptors (Lipinski definition) is 15. The van der Waals surface area contributed by atoms with E-state index < -0.39 is 25.4 Å². The fourth-order valence-electron chi connectivity index (χ4n) is 0. The Kier molecular flexibility index (Phi) is 70.5. The standard InChI is InChI=1S/5NO3.Ni.Y/c5*2-1(3)4;;/q5*-1;+2;+3. The fourth-order valence-corrected chi connectivity index (χ4v) is 0. The quantitative estimate of drug-likeness (QED) is 0.234. The summed E-state index contributed by atoms with van der Waals surface area (Å²) in [4.78, 5) is 41.2. The third-order valence-electron chi connectivity index (χ3n) is 0. The molecule has 0 radical (unpaired) electrons. The monoisotopic (exact) mass is 457 g/mol. The zero-order chi connectivity index (χ0) is 17.9. The Bertz CT molecular complexity index is 213. The Hall–Kier alpha value is -2.40. The molecule has 0 rings (SSSR count).